The minimum Gasteiger partial charge on any atom is -0.496 e. The number of aromatic nitrogens is 1. The van der Waals surface area contributed by atoms with Crippen LogP contribution in [0.2, 0.25) is 5.02 Å². The minimum absolute atomic E-state index is 0.250. The molecule has 1 fully saturated rings. The summed E-state index contributed by atoms with van der Waals surface area (Å²) in [7, 11) is 3.07. The van der Waals surface area contributed by atoms with Gasteiger partial charge in [0, 0.05) is 43.3 Å². The standard InChI is InChI=1S/C24H25ClN4O5/c1-32-10-9-26-23(30)17-11-14-3-8-22(28-20(14)13-21(17)33-2)34-16-6-7-19(18(25)12-16)29-24(31)27-15-4-5-15/h3,6-8,11-13,15H,4-5,9-10H2,1-2H3,(H,26,30)(H2,27,29,31). The van der Waals surface area contributed by atoms with E-state index in [1.807, 2.05) is 6.07 Å². The third-order valence-electron chi connectivity index (χ3n) is 5.15. The molecule has 34 heavy (non-hydrogen) atoms. The molecule has 1 saturated carbocycles. The first kappa shape index (κ1) is 23.6. The maximum Gasteiger partial charge on any atom is 0.319 e. The van der Waals surface area contributed by atoms with Gasteiger partial charge in [0.1, 0.15) is 11.5 Å². The maximum absolute atomic E-state index is 12.5. The Bertz CT molecular complexity index is 1220. The summed E-state index contributed by atoms with van der Waals surface area (Å²) < 4.78 is 16.2. The number of carbonyl (C=O) groups excluding carboxylic acids is 2. The van der Waals surface area contributed by atoms with Crippen LogP contribution in [0.15, 0.2) is 42.5 Å². The number of nitrogens with zero attached hydrogens (tertiary/aromatic N) is 1. The Morgan fingerprint density at radius 3 is 2.65 bits per heavy atom. The molecule has 0 radical (unpaired) electrons. The van der Waals surface area contributed by atoms with Crippen LogP contribution in [0.5, 0.6) is 17.4 Å². The summed E-state index contributed by atoms with van der Waals surface area (Å²) >= 11 is 6.31. The van der Waals surface area contributed by atoms with Gasteiger partial charge in [0.25, 0.3) is 5.91 Å². The van der Waals surface area contributed by atoms with Crippen LogP contribution >= 0.6 is 11.6 Å². The van der Waals surface area contributed by atoms with E-state index in [0.717, 1.165) is 18.2 Å². The molecule has 1 heterocycles. The van der Waals surface area contributed by atoms with Gasteiger partial charge in [0.05, 0.1) is 35.5 Å². The monoisotopic (exact) mass is 484 g/mol. The normalized spacial score (nSPS) is 12.8. The highest BCUT2D eigenvalue weighted by Gasteiger charge is 2.23. The lowest BCUT2D eigenvalue weighted by molar-refractivity contribution is 0.0934. The number of methoxy groups -OCH3 is 2. The lowest BCUT2D eigenvalue weighted by atomic mass is 10.1. The molecule has 3 amide bonds. The van der Waals surface area contributed by atoms with E-state index in [0.29, 0.717) is 52.3 Å². The lowest BCUT2D eigenvalue weighted by Gasteiger charge is -2.12. The molecule has 2 aromatic carbocycles. The third-order valence-corrected chi connectivity index (χ3v) is 5.46. The van der Waals surface area contributed by atoms with Crippen molar-refractivity contribution in [2.24, 2.45) is 0 Å². The van der Waals surface area contributed by atoms with Crippen molar-refractivity contribution in [2.75, 3.05) is 32.7 Å². The predicted molar refractivity (Wildman–Crippen MR) is 129 cm³/mol. The van der Waals surface area contributed by atoms with Crippen LogP contribution in [0.25, 0.3) is 10.9 Å². The van der Waals surface area contributed by atoms with Crippen molar-refractivity contribution in [3.8, 4) is 17.4 Å². The summed E-state index contributed by atoms with van der Waals surface area (Å²) in [5.74, 6) is 0.946. The van der Waals surface area contributed by atoms with Crippen LogP contribution in [-0.2, 0) is 4.74 Å². The van der Waals surface area contributed by atoms with Gasteiger partial charge < -0.3 is 30.2 Å². The number of benzene rings is 2. The number of amides is 3. The second-order valence-electron chi connectivity index (χ2n) is 7.76. The molecule has 0 bridgehead atoms. The Hall–Kier alpha value is -3.56. The van der Waals surface area contributed by atoms with Gasteiger partial charge in [-0.2, -0.15) is 0 Å². The van der Waals surface area contributed by atoms with E-state index in [4.69, 9.17) is 25.8 Å². The molecule has 10 heteroatoms. The topological polar surface area (TPSA) is 111 Å². The van der Waals surface area contributed by atoms with Gasteiger partial charge in [-0.25, -0.2) is 9.78 Å². The van der Waals surface area contributed by atoms with Crippen molar-refractivity contribution in [2.45, 2.75) is 18.9 Å². The van der Waals surface area contributed by atoms with Crippen molar-refractivity contribution >= 4 is 40.1 Å². The van der Waals surface area contributed by atoms with Gasteiger partial charge in [-0.15, -0.1) is 0 Å². The molecule has 0 unspecified atom stereocenters. The van der Waals surface area contributed by atoms with Crippen molar-refractivity contribution < 1.29 is 23.8 Å². The first-order valence-electron chi connectivity index (χ1n) is 10.8. The zero-order valence-corrected chi connectivity index (χ0v) is 19.6. The van der Waals surface area contributed by atoms with Gasteiger partial charge in [-0.3, -0.25) is 4.79 Å². The molecule has 0 atom stereocenters. The number of urea groups is 1. The van der Waals surface area contributed by atoms with Gasteiger partial charge >= 0.3 is 6.03 Å². The second-order valence-corrected chi connectivity index (χ2v) is 8.17. The number of rotatable bonds is 9. The van der Waals surface area contributed by atoms with E-state index in [1.165, 1.54) is 7.11 Å². The number of hydrogen-bond acceptors (Lipinski definition) is 6. The van der Waals surface area contributed by atoms with Crippen LogP contribution in [0.1, 0.15) is 23.2 Å². The number of carbonyl (C=O) groups is 2. The summed E-state index contributed by atoms with van der Waals surface area (Å²) in [5, 5.41) is 9.46. The summed E-state index contributed by atoms with van der Waals surface area (Å²) in [6, 6.07) is 11.8. The average Bonchev–Trinajstić information content (AvgIpc) is 3.64. The number of fused-ring (bicyclic) bond motifs is 1. The van der Waals surface area contributed by atoms with Gasteiger partial charge in [0.2, 0.25) is 5.88 Å². The number of pyridine rings is 1. The highest BCUT2D eigenvalue weighted by molar-refractivity contribution is 6.33. The van der Waals surface area contributed by atoms with Gasteiger partial charge in [-0.05, 0) is 37.1 Å². The first-order chi connectivity index (χ1) is 16.5. The average molecular weight is 485 g/mol. The molecule has 3 aromatic rings. The van der Waals surface area contributed by atoms with Crippen LogP contribution in [0.4, 0.5) is 10.5 Å². The molecular formula is C24H25ClN4O5. The van der Waals surface area contributed by atoms with Crippen LogP contribution in [-0.4, -0.2) is 50.3 Å². The molecule has 1 aliphatic carbocycles. The molecule has 1 aromatic heterocycles. The van der Waals surface area contributed by atoms with Crippen molar-refractivity contribution in [1.29, 1.82) is 0 Å². The van der Waals surface area contributed by atoms with E-state index in [-0.39, 0.29) is 18.0 Å². The maximum atomic E-state index is 12.5. The number of nitrogens with one attached hydrogen (secondary N) is 3. The quantitative estimate of drug-likeness (QED) is 0.389. The molecule has 9 nitrogen and oxygen atoms in total. The zero-order valence-electron chi connectivity index (χ0n) is 18.8. The summed E-state index contributed by atoms with van der Waals surface area (Å²) in [6.45, 7) is 0.808. The third kappa shape index (κ3) is 5.86. The largest absolute Gasteiger partial charge is 0.496 e. The zero-order chi connectivity index (χ0) is 24.1. The summed E-state index contributed by atoms with van der Waals surface area (Å²) in [5.41, 5.74) is 1.49. The number of anilines is 1. The number of hydrogen-bond donors (Lipinski definition) is 3. The minimum atomic E-state index is -0.282. The summed E-state index contributed by atoms with van der Waals surface area (Å²) in [4.78, 5) is 29.0. The Morgan fingerprint density at radius 1 is 1.12 bits per heavy atom. The van der Waals surface area contributed by atoms with E-state index in [9.17, 15) is 9.59 Å². The fourth-order valence-corrected chi connectivity index (χ4v) is 3.47. The smallest absolute Gasteiger partial charge is 0.319 e. The molecule has 178 valence electrons. The Kier molecular flexibility index (Phi) is 7.34. The number of ether oxygens (including phenoxy) is 3. The molecule has 3 N–H and O–H groups in total. The SMILES string of the molecule is COCCNC(=O)c1cc2ccc(Oc3ccc(NC(=O)NC4CC4)c(Cl)c3)nc2cc1OC. The highest BCUT2D eigenvalue weighted by Crippen LogP contribution is 2.31. The van der Waals surface area contributed by atoms with E-state index in [2.05, 4.69) is 20.9 Å². The predicted octanol–water partition coefficient (Wildman–Crippen LogP) is 4.35. The van der Waals surface area contributed by atoms with Crippen LogP contribution < -0.4 is 25.4 Å². The molecule has 1 aliphatic rings. The Labute approximate surface area is 201 Å². The highest BCUT2D eigenvalue weighted by atomic mass is 35.5. The molecular weight excluding hydrogens is 460 g/mol. The lowest BCUT2D eigenvalue weighted by Crippen LogP contribution is -2.30. The number of halogens is 1. The molecule has 0 spiro atoms. The van der Waals surface area contributed by atoms with Crippen molar-refractivity contribution in [3.63, 3.8) is 0 Å². The molecule has 0 aliphatic heterocycles. The summed E-state index contributed by atoms with van der Waals surface area (Å²) in [6.07, 6.45) is 2.00. The van der Waals surface area contributed by atoms with E-state index < -0.39 is 0 Å². The molecule has 4 rings (SSSR count). The second kappa shape index (κ2) is 10.6. The first-order valence-corrected chi connectivity index (χ1v) is 11.2. The van der Waals surface area contributed by atoms with Crippen LogP contribution in [0.3, 0.4) is 0 Å². The Balaban J connectivity index is 1.48. The van der Waals surface area contributed by atoms with Crippen molar-refractivity contribution in [1.82, 2.24) is 15.6 Å². The Morgan fingerprint density at radius 2 is 1.94 bits per heavy atom. The fraction of sp³-hybridized carbons (Fsp3) is 0.292. The van der Waals surface area contributed by atoms with Gasteiger partial charge in [-0.1, -0.05) is 11.6 Å². The van der Waals surface area contributed by atoms with Crippen LogP contribution in [0, 0.1) is 0 Å². The van der Waals surface area contributed by atoms with E-state index >= 15 is 0 Å². The van der Waals surface area contributed by atoms with E-state index in [1.54, 1.807) is 43.5 Å². The fourth-order valence-electron chi connectivity index (χ4n) is 3.25. The van der Waals surface area contributed by atoms with Gasteiger partial charge in [0.15, 0.2) is 0 Å². The molecule has 0 saturated heterocycles. The van der Waals surface area contributed by atoms with Crippen molar-refractivity contribution in [3.05, 3.63) is 53.1 Å².